The Morgan fingerprint density at radius 3 is 2.84 bits per heavy atom. The Morgan fingerprint density at radius 1 is 1.24 bits per heavy atom. The second kappa shape index (κ2) is 9.85. The van der Waals surface area contributed by atoms with E-state index in [1.807, 2.05) is 12.1 Å². The molecule has 4 heterocycles. The first-order chi connectivity index (χ1) is 18.3. The number of amides is 1. The molecule has 202 valence electrons. The van der Waals surface area contributed by atoms with Gasteiger partial charge in [-0.1, -0.05) is 12.1 Å². The number of ether oxygens (including phenoxy) is 2. The Kier molecular flexibility index (Phi) is 6.52. The zero-order valence-corrected chi connectivity index (χ0v) is 22.3. The van der Waals surface area contributed by atoms with Crippen molar-refractivity contribution < 1.29 is 14.3 Å². The minimum Gasteiger partial charge on any atom is -0.491 e. The van der Waals surface area contributed by atoms with Crippen LogP contribution in [-0.4, -0.2) is 62.8 Å². The van der Waals surface area contributed by atoms with Crippen molar-refractivity contribution in [3.05, 3.63) is 36.8 Å². The number of nitrogens with zero attached hydrogens (tertiary/aromatic N) is 4. The molecular formula is C29H38N6O3. The molecule has 1 aliphatic carbocycles. The zero-order valence-electron chi connectivity index (χ0n) is 22.3. The van der Waals surface area contributed by atoms with E-state index in [0.717, 1.165) is 79.5 Å². The van der Waals surface area contributed by atoms with Gasteiger partial charge in [-0.05, 0) is 82.5 Å². The molecule has 3 aromatic rings. The molecule has 1 saturated carbocycles. The molecule has 1 aromatic carbocycles. The monoisotopic (exact) mass is 518 g/mol. The van der Waals surface area contributed by atoms with Crippen molar-refractivity contribution in [2.75, 3.05) is 25.4 Å². The van der Waals surface area contributed by atoms with E-state index >= 15 is 0 Å². The van der Waals surface area contributed by atoms with E-state index in [-0.39, 0.29) is 23.7 Å². The Hall–Kier alpha value is -3.17. The predicted octanol–water partition coefficient (Wildman–Crippen LogP) is 3.92. The number of primary amides is 1. The average molecular weight is 519 g/mol. The quantitative estimate of drug-likeness (QED) is 0.464. The topological polar surface area (TPSA) is 122 Å². The number of hydrogen-bond acceptors (Lipinski definition) is 7. The summed E-state index contributed by atoms with van der Waals surface area (Å²) in [6, 6.07) is 8.36. The molecule has 1 amide bonds. The van der Waals surface area contributed by atoms with Crippen LogP contribution in [0.1, 0.15) is 58.4 Å². The lowest BCUT2D eigenvalue weighted by Gasteiger charge is -2.39. The van der Waals surface area contributed by atoms with Gasteiger partial charge in [0.05, 0.1) is 23.1 Å². The number of anilines is 1. The second-order valence-corrected chi connectivity index (χ2v) is 11.8. The highest BCUT2D eigenvalue weighted by atomic mass is 16.6. The molecule has 0 spiro atoms. The van der Waals surface area contributed by atoms with Gasteiger partial charge in [0.2, 0.25) is 5.91 Å². The van der Waals surface area contributed by atoms with E-state index < -0.39 is 0 Å². The van der Waals surface area contributed by atoms with Crippen LogP contribution < -0.4 is 16.2 Å². The number of carbonyl (C=O) groups excluding carboxylic acids is 1. The van der Waals surface area contributed by atoms with Crippen LogP contribution in [0, 0.1) is 5.92 Å². The lowest BCUT2D eigenvalue weighted by molar-refractivity contribution is -0.122. The molecule has 0 bridgehead atoms. The number of carbonyl (C=O) groups is 1. The number of fused-ring (bicyclic) bond motifs is 1. The van der Waals surface area contributed by atoms with Crippen LogP contribution in [0.4, 0.5) is 5.82 Å². The maximum absolute atomic E-state index is 11.8. The Bertz CT molecular complexity index is 1330. The second-order valence-electron chi connectivity index (χ2n) is 11.8. The van der Waals surface area contributed by atoms with Gasteiger partial charge in [0.25, 0.3) is 0 Å². The summed E-state index contributed by atoms with van der Waals surface area (Å²) in [5.41, 5.74) is 14.8. The van der Waals surface area contributed by atoms with E-state index in [1.165, 1.54) is 0 Å². The molecule has 1 unspecified atom stereocenters. The maximum atomic E-state index is 11.8. The smallest absolute Gasteiger partial charge is 0.234 e. The van der Waals surface area contributed by atoms with Crippen molar-refractivity contribution in [3.63, 3.8) is 0 Å². The van der Waals surface area contributed by atoms with Gasteiger partial charge in [0.1, 0.15) is 30.1 Å². The molecular weight excluding hydrogens is 480 g/mol. The summed E-state index contributed by atoms with van der Waals surface area (Å²) in [7, 11) is 0. The van der Waals surface area contributed by atoms with Gasteiger partial charge in [-0.25, -0.2) is 9.97 Å². The van der Waals surface area contributed by atoms with Crippen LogP contribution in [0.3, 0.4) is 0 Å². The molecule has 4 N–H and O–H groups in total. The molecule has 2 aromatic heterocycles. The van der Waals surface area contributed by atoms with E-state index in [4.69, 9.17) is 20.9 Å². The van der Waals surface area contributed by atoms with Crippen LogP contribution in [0.5, 0.6) is 5.75 Å². The van der Waals surface area contributed by atoms with Gasteiger partial charge in [-0.3, -0.25) is 9.69 Å². The molecule has 2 aliphatic heterocycles. The SMILES string of the molecule is CC1(C)CCC(COc2cccc(-c3cn(C4CC(CN5CCC[C@@H]5C(N)=O)C4)c4ncnc(N)c34)c2)O1. The predicted molar refractivity (Wildman–Crippen MR) is 147 cm³/mol. The number of benzene rings is 1. The van der Waals surface area contributed by atoms with Crippen molar-refractivity contribution in [1.29, 1.82) is 0 Å². The molecule has 3 fully saturated rings. The van der Waals surface area contributed by atoms with Gasteiger partial charge in [-0.2, -0.15) is 0 Å². The third-order valence-corrected chi connectivity index (χ3v) is 8.56. The number of nitrogens with two attached hydrogens (primary N) is 2. The van der Waals surface area contributed by atoms with E-state index in [1.54, 1.807) is 6.33 Å². The van der Waals surface area contributed by atoms with Gasteiger partial charge >= 0.3 is 0 Å². The molecule has 2 saturated heterocycles. The molecule has 9 nitrogen and oxygen atoms in total. The zero-order chi connectivity index (χ0) is 26.4. The Morgan fingerprint density at radius 2 is 2.08 bits per heavy atom. The lowest BCUT2D eigenvalue weighted by atomic mass is 9.79. The Balaban J connectivity index is 1.19. The van der Waals surface area contributed by atoms with Crippen LogP contribution in [0.25, 0.3) is 22.2 Å². The highest BCUT2D eigenvalue weighted by molar-refractivity contribution is 6.00. The first kappa shape index (κ1) is 25.1. The van der Waals surface area contributed by atoms with Crippen LogP contribution in [0.2, 0.25) is 0 Å². The van der Waals surface area contributed by atoms with Crippen molar-refractivity contribution in [1.82, 2.24) is 19.4 Å². The normalized spacial score (nSPS) is 27.0. The number of hydrogen-bond donors (Lipinski definition) is 2. The van der Waals surface area contributed by atoms with Gasteiger partial charge < -0.3 is 25.5 Å². The molecule has 6 rings (SSSR count). The minimum atomic E-state index is -0.197. The number of aromatic nitrogens is 3. The van der Waals surface area contributed by atoms with Crippen molar-refractivity contribution in [2.24, 2.45) is 11.7 Å². The summed E-state index contributed by atoms with van der Waals surface area (Å²) in [5.74, 6) is 1.64. The van der Waals surface area contributed by atoms with Gasteiger partial charge in [0.15, 0.2) is 0 Å². The maximum Gasteiger partial charge on any atom is 0.234 e. The van der Waals surface area contributed by atoms with Crippen molar-refractivity contribution in [3.8, 4) is 16.9 Å². The summed E-state index contributed by atoms with van der Waals surface area (Å²) in [5, 5.41) is 0.877. The highest BCUT2D eigenvalue weighted by Gasteiger charge is 2.37. The average Bonchev–Trinajstić information content (AvgIpc) is 3.57. The summed E-state index contributed by atoms with van der Waals surface area (Å²) in [6.07, 6.45) is 9.88. The lowest BCUT2D eigenvalue weighted by Crippen LogP contribution is -2.44. The van der Waals surface area contributed by atoms with E-state index in [9.17, 15) is 4.79 Å². The van der Waals surface area contributed by atoms with E-state index in [2.05, 4.69) is 51.6 Å². The van der Waals surface area contributed by atoms with Crippen molar-refractivity contribution >= 4 is 22.8 Å². The van der Waals surface area contributed by atoms with Gasteiger partial charge in [0, 0.05) is 24.3 Å². The third-order valence-electron chi connectivity index (χ3n) is 8.56. The highest BCUT2D eigenvalue weighted by Crippen LogP contribution is 2.44. The largest absolute Gasteiger partial charge is 0.491 e. The number of likely N-dealkylation sites (tertiary alicyclic amines) is 1. The molecule has 38 heavy (non-hydrogen) atoms. The standard InChI is InChI=1S/C29H38N6O3/c1-29(2)9-8-22(38-29)16-37-21-6-3-5-19(13-21)23-15-35(28-25(23)26(30)32-17-33-28)20-11-18(12-20)14-34-10-4-7-24(34)27(31)36/h3,5-6,13,15,17-18,20,22,24H,4,7-12,14,16H2,1-2H3,(H2,31,36)(H2,30,32,33)/t18?,20?,22?,24-/m1/s1. The molecule has 9 heteroatoms. The van der Waals surface area contributed by atoms with Crippen molar-refractivity contribution in [2.45, 2.75) is 76.2 Å². The molecule has 3 aliphatic rings. The van der Waals surface area contributed by atoms with Crippen LogP contribution >= 0.6 is 0 Å². The number of rotatable bonds is 8. The summed E-state index contributed by atoms with van der Waals surface area (Å²) in [4.78, 5) is 23.0. The van der Waals surface area contributed by atoms with Crippen LogP contribution in [0.15, 0.2) is 36.8 Å². The van der Waals surface area contributed by atoms with Crippen LogP contribution in [-0.2, 0) is 9.53 Å². The third kappa shape index (κ3) is 4.85. The fraction of sp³-hybridized carbons (Fsp3) is 0.552. The van der Waals surface area contributed by atoms with E-state index in [0.29, 0.717) is 24.4 Å². The molecule has 0 radical (unpaired) electrons. The first-order valence-corrected chi connectivity index (χ1v) is 13.8. The molecule has 2 atom stereocenters. The number of nitrogen functional groups attached to an aromatic ring is 1. The fourth-order valence-electron chi connectivity index (χ4n) is 6.52. The summed E-state index contributed by atoms with van der Waals surface area (Å²) < 4.78 is 14.5. The first-order valence-electron chi connectivity index (χ1n) is 13.8. The minimum absolute atomic E-state index is 0.0756. The summed E-state index contributed by atoms with van der Waals surface area (Å²) >= 11 is 0. The Labute approximate surface area is 223 Å². The van der Waals surface area contributed by atoms with Gasteiger partial charge in [-0.15, -0.1) is 0 Å². The fourth-order valence-corrected chi connectivity index (χ4v) is 6.52. The summed E-state index contributed by atoms with van der Waals surface area (Å²) in [6.45, 7) is 6.68.